The zero-order chi connectivity index (χ0) is 39.9. The van der Waals surface area contributed by atoms with Crippen LogP contribution < -0.4 is 17.0 Å². The first-order valence-corrected chi connectivity index (χ1v) is 20.0. The number of nitrogens with zero attached hydrogens (tertiary/aromatic N) is 7. The summed E-state index contributed by atoms with van der Waals surface area (Å²) < 4.78 is 73.6. The largest absolute Gasteiger partial charge is 0.694 e. The lowest BCUT2D eigenvalue weighted by Gasteiger charge is -2.19. The van der Waals surface area contributed by atoms with Gasteiger partial charge in [0.15, 0.2) is 35.1 Å². The molecule has 34 heteroatoms. The van der Waals surface area contributed by atoms with Crippen molar-refractivity contribution in [2.24, 2.45) is 0 Å². The fraction of sp³-hybridized carbons (Fsp3) is 0.500. The van der Waals surface area contributed by atoms with Gasteiger partial charge in [-0.25, -0.2) is 33.6 Å². The van der Waals surface area contributed by atoms with Crippen molar-refractivity contribution >= 4 is 65.8 Å². The van der Waals surface area contributed by atoms with E-state index in [1.807, 2.05) is 0 Å². The van der Waals surface area contributed by atoms with Crippen LogP contribution in [0.25, 0.3) is 22.3 Å². The van der Waals surface area contributed by atoms with Crippen molar-refractivity contribution in [3.8, 4) is 0 Å². The third-order valence-electron chi connectivity index (χ3n) is 7.23. The number of hydrogen-bond acceptors (Lipinski definition) is 22. The second-order valence-electron chi connectivity index (χ2n) is 10.9. The summed E-state index contributed by atoms with van der Waals surface area (Å²) in [6.45, 7) is -1.36. The number of phosphoric ester groups is 1. The van der Waals surface area contributed by atoms with Gasteiger partial charge in [-0.3, -0.25) is 23.4 Å². The van der Waals surface area contributed by atoms with Crippen molar-refractivity contribution in [3.63, 3.8) is 0 Å². The van der Waals surface area contributed by atoms with Crippen molar-refractivity contribution in [2.75, 3.05) is 24.7 Å². The van der Waals surface area contributed by atoms with Crippen LogP contribution in [0, 0.1) is 0 Å². The Kier molecular flexibility index (Phi) is 12.4. The van der Waals surface area contributed by atoms with Crippen LogP contribution in [0.3, 0.4) is 0 Å². The highest BCUT2D eigenvalue weighted by Crippen LogP contribution is 2.66. The SMILES string of the molecule is Nc1nc2c(ncn2[C@@H]2O[C@H](COP(=O)(O)OP(=O)(O)OP(=O)(O)O)[C@@H](O)[C@H]2O)c(=O)[nH]1.Nc1ncnc2c1ncn2[C@@H]1O[C@H](CO[P+](=O)O)[C@@H](O)[C@H]1O. The van der Waals surface area contributed by atoms with Gasteiger partial charge in [0.05, 0.1) is 19.3 Å². The molecule has 0 radical (unpaired) electrons. The summed E-state index contributed by atoms with van der Waals surface area (Å²) in [6.07, 6.45) is -7.28. The van der Waals surface area contributed by atoms with E-state index < -0.39 is 93.0 Å². The number of aromatic nitrogens is 8. The zero-order valence-electron chi connectivity index (χ0n) is 26.4. The number of ether oxygens (including phenoxy) is 2. The first-order valence-electron chi connectivity index (χ1n) is 14.3. The van der Waals surface area contributed by atoms with Crippen molar-refractivity contribution in [1.29, 1.82) is 0 Å². The van der Waals surface area contributed by atoms with E-state index in [-0.39, 0.29) is 29.5 Å². The second-order valence-corrected chi connectivity index (χ2v) is 16.0. The van der Waals surface area contributed by atoms with E-state index in [2.05, 4.69) is 47.6 Å². The molecule has 0 aliphatic carbocycles. The molecule has 2 aliphatic heterocycles. The molecule has 4 aromatic heterocycles. The van der Waals surface area contributed by atoms with E-state index in [0.29, 0.717) is 11.2 Å². The van der Waals surface area contributed by atoms with Gasteiger partial charge in [-0.05, 0) is 0 Å². The predicted octanol–water partition coefficient (Wildman–Crippen LogP) is -3.64. The number of aromatic amines is 1. The monoisotopic (exact) mass is 853 g/mol. The van der Waals surface area contributed by atoms with E-state index in [9.17, 15) is 48.4 Å². The number of hydrogen-bond donors (Lipinski definition) is 12. The van der Waals surface area contributed by atoms with Crippen LogP contribution in [0.1, 0.15) is 12.5 Å². The Balaban J connectivity index is 0.000000222. The minimum Gasteiger partial charge on any atom is -0.387 e. The molecule has 0 amide bonds. The van der Waals surface area contributed by atoms with Crippen LogP contribution in [0.5, 0.6) is 0 Å². The molecule has 3 unspecified atom stereocenters. The minimum atomic E-state index is -5.73. The Morgan fingerprint density at radius 2 is 1.35 bits per heavy atom. The molecule has 6 rings (SSSR count). The summed E-state index contributed by atoms with van der Waals surface area (Å²) in [5, 5.41) is 40.5. The van der Waals surface area contributed by atoms with Gasteiger partial charge in [0.1, 0.15) is 55.1 Å². The van der Waals surface area contributed by atoms with E-state index in [1.54, 1.807) is 0 Å². The molecule has 0 aromatic carbocycles. The summed E-state index contributed by atoms with van der Waals surface area (Å²) in [5.41, 5.74) is 10.8. The lowest BCUT2D eigenvalue weighted by atomic mass is 10.1. The summed E-state index contributed by atoms with van der Waals surface area (Å²) in [7, 11) is -19.6. The topological polar surface area (TPSA) is 465 Å². The Morgan fingerprint density at radius 3 is 1.93 bits per heavy atom. The molecule has 54 heavy (non-hydrogen) atoms. The number of imidazole rings is 2. The van der Waals surface area contributed by atoms with E-state index in [1.165, 1.54) is 17.2 Å². The fourth-order valence-corrected chi connectivity index (χ4v) is 8.29. The molecule has 6 heterocycles. The van der Waals surface area contributed by atoms with Crippen molar-refractivity contribution in [2.45, 2.75) is 49.1 Å². The first-order chi connectivity index (χ1) is 25.1. The highest BCUT2D eigenvalue weighted by Gasteiger charge is 2.48. The average Bonchev–Trinajstić information content (AvgIpc) is 3.80. The molecular weight excluding hydrogens is 824 g/mol. The lowest BCUT2D eigenvalue weighted by Crippen LogP contribution is -2.33. The van der Waals surface area contributed by atoms with Crippen LogP contribution in [0.4, 0.5) is 11.8 Å². The van der Waals surface area contributed by atoms with Crippen LogP contribution in [-0.4, -0.2) is 134 Å². The molecule has 2 saturated heterocycles. The maximum Gasteiger partial charge on any atom is 0.694 e. The lowest BCUT2D eigenvalue weighted by molar-refractivity contribution is -0.0503. The Bertz CT molecular complexity index is 2220. The zero-order valence-corrected chi connectivity index (χ0v) is 29.9. The Morgan fingerprint density at radius 1 is 0.796 bits per heavy atom. The van der Waals surface area contributed by atoms with E-state index in [4.69, 9.17) is 40.5 Å². The van der Waals surface area contributed by atoms with Crippen LogP contribution in [0.15, 0.2) is 23.8 Å². The number of anilines is 2. The predicted molar refractivity (Wildman–Crippen MR) is 170 cm³/mol. The number of rotatable bonds is 12. The maximum absolute atomic E-state index is 11.9. The smallest absolute Gasteiger partial charge is 0.387 e. The number of nitrogen functional groups attached to an aromatic ring is 2. The number of H-pyrrole nitrogens is 1. The molecule has 11 atom stereocenters. The molecule has 0 bridgehead atoms. The quantitative estimate of drug-likeness (QED) is 0.0611. The summed E-state index contributed by atoms with van der Waals surface area (Å²) in [5.74, 6) is -0.101. The number of nitrogens with one attached hydrogen (secondary N) is 1. The fourth-order valence-electron chi connectivity index (χ4n) is 4.99. The third kappa shape index (κ3) is 9.55. The number of aliphatic hydroxyl groups is 4. The third-order valence-corrected chi connectivity index (χ3v) is 11.4. The van der Waals surface area contributed by atoms with Gasteiger partial charge in [0, 0.05) is 4.57 Å². The minimum absolute atomic E-state index is 0.115. The molecule has 298 valence electrons. The van der Waals surface area contributed by atoms with Gasteiger partial charge >= 0.3 is 31.7 Å². The maximum atomic E-state index is 11.9. The number of aliphatic hydroxyl groups excluding tert-OH is 4. The molecule has 30 nitrogen and oxygen atoms in total. The molecule has 14 N–H and O–H groups in total. The summed E-state index contributed by atoms with van der Waals surface area (Å²) in [4.78, 5) is 77.8. The first kappa shape index (κ1) is 41.8. The van der Waals surface area contributed by atoms with Gasteiger partial charge in [-0.15, -0.1) is 9.42 Å². The van der Waals surface area contributed by atoms with E-state index >= 15 is 0 Å². The normalized spacial score (nSPS) is 28.4. The number of fused-ring (bicyclic) bond motifs is 2. The van der Waals surface area contributed by atoms with Gasteiger partial charge < -0.3 is 60.9 Å². The van der Waals surface area contributed by atoms with Crippen LogP contribution >= 0.6 is 31.7 Å². The van der Waals surface area contributed by atoms with Gasteiger partial charge in [-0.1, -0.05) is 0 Å². The number of phosphoric acid groups is 3. The van der Waals surface area contributed by atoms with Crippen LogP contribution in [-0.2, 0) is 45.4 Å². The summed E-state index contributed by atoms with van der Waals surface area (Å²) in [6, 6.07) is 0. The van der Waals surface area contributed by atoms with Gasteiger partial charge in [0.2, 0.25) is 5.95 Å². The van der Waals surface area contributed by atoms with Crippen molar-refractivity contribution in [3.05, 3.63) is 29.3 Å². The highest BCUT2D eigenvalue weighted by atomic mass is 31.3. The van der Waals surface area contributed by atoms with E-state index in [0.717, 1.165) is 10.9 Å². The standard InChI is InChI=1S/C10H16N5O14P3.C10H12N5O6P/c11-10-13-7-4(8(18)14-10)12-2-15(7)9-6(17)5(16)3(27-9)1-26-31(22,23)29-32(24,25)28-30(19,20)21;11-8-5-9(13-2-12-8)15(3-14-5)10-7(17)6(16)4(21-10)1-20-22(18)19/h2-3,5-6,9,16-17H,1H2,(H,22,23)(H,24,25)(H2,19,20,21)(H3,11,13,14,18);2-4,6-7,10,16-17H,1H2,(H2-,11,12,13,18,19)/p+1/t3-,5-,6-,9-;4-,6-,7-,10-/m11/s1. The van der Waals surface area contributed by atoms with Crippen molar-refractivity contribution < 1.29 is 90.3 Å². The molecule has 2 fully saturated rings. The van der Waals surface area contributed by atoms with Crippen molar-refractivity contribution in [1.82, 2.24) is 39.0 Å². The summed E-state index contributed by atoms with van der Waals surface area (Å²) >= 11 is 0. The highest BCUT2D eigenvalue weighted by molar-refractivity contribution is 7.66. The molecular formula is C20H29N10O20P4+. The molecule has 2 aliphatic rings. The Labute approximate surface area is 298 Å². The second kappa shape index (κ2) is 16.0. The van der Waals surface area contributed by atoms with Gasteiger partial charge in [0.25, 0.3) is 5.56 Å². The Hall–Kier alpha value is -3.31. The molecule has 4 aromatic rings. The van der Waals surface area contributed by atoms with Crippen LogP contribution in [0.2, 0.25) is 0 Å². The molecule has 0 saturated carbocycles. The van der Waals surface area contributed by atoms with Gasteiger partial charge in [-0.2, -0.15) is 13.6 Å². The molecule has 0 spiro atoms. The number of nitrogens with two attached hydrogens (primary N) is 2. The average molecular weight is 853 g/mol.